The van der Waals surface area contributed by atoms with E-state index in [4.69, 9.17) is 11.1 Å². The van der Waals surface area contributed by atoms with E-state index in [1.807, 2.05) is 19.9 Å². The fraction of sp³-hybridized carbons (Fsp3) is 0.556. The van der Waals surface area contributed by atoms with Crippen LogP contribution in [0, 0.1) is 18.3 Å². The van der Waals surface area contributed by atoms with Crippen molar-refractivity contribution in [1.29, 1.82) is 5.41 Å². The van der Waals surface area contributed by atoms with E-state index < -0.39 is 0 Å². The van der Waals surface area contributed by atoms with Crippen molar-refractivity contribution in [3.05, 3.63) is 35.0 Å². The summed E-state index contributed by atoms with van der Waals surface area (Å²) in [5, 5.41) is 13.7. The summed E-state index contributed by atoms with van der Waals surface area (Å²) in [7, 11) is 0. The number of nitrogens with one attached hydrogen (secondary N) is 2. The molecule has 1 aliphatic heterocycles. The lowest BCUT2D eigenvalue weighted by Crippen LogP contribution is -2.41. The second-order valence-corrected chi connectivity index (χ2v) is 7.60. The number of rotatable bonds is 5. The van der Waals surface area contributed by atoms with Crippen molar-refractivity contribution in [3.8, 4) is 0 Å². The van der Waals surface area contributed by atoms with Gasteiger partial charge in [0.25, 0.3) is 0 Å². The van der Waals surface area contributed by atoms with Gasteiger partial charge in [-0.2, -0.15) is 0 Å². The zero-order valence-corrected chi connectivity index (χ0v) is 15.7. The number of thiazole rings is 1. The molecule has 2 unspecified atom stereocenters. The van der Waals surface area contributed by atoms with Gasteiger partial charge in [-0.15, -0.1) is 11.3 Å². The Balaban J connectivity index is 2.01. The molecule has 1 fully saturated rings. The number of allylic oxidation sites excluding steroid dienone is 4. The van der Waals surface area contributed by atoms with Gasteiger partial charge in [-0.05, 0) is 39.2 Å². The van der Waals surface area contributed by atoms with E-state index in [2.05, 4.69) is 40.4 Å². The van der Waals surface area contributed by atoms with Crippen molar-refractivity contribution >= 4 is 22.2 Å². The Hall–Kier alpha value is -1.66. The molecule has 5 nitrogen and oxygen atoms in total. The summed E-state index contributed by atoms with van der Waals surface area (Å²) < 4.78 is 0. The molecular formula is C18H29N5S. The van der Waals surface area contributed by atoms with Crippen molar-refractivity contribution < 1.29 is 0 Å². The molecule has 0 spiro atoms. The molecular weight excluding hydrogens is 318 g/mol. The van der Waals surface area contributed by atoms with Gasteiger partial charge in [-0.25, -0.2) is 4.98 Å². The molecule has 0 radical (unpaired) electrons. The summed E-state index contributed by atoms with van der Waals surface area (Å²) in [6, 6.07) is 0.374. The van der Waals surface area contributed by atoms with E-state index in [1.54, 1.807) is 0 Å². The van der Waals surface area contributed by atoms with E-state index in [-0.39, 0.29) is 0 Å². The quantitative estimate of drug-likeness (QED) is 0.434. The van der Waals surface area contributed by atoms with Gasteiger partial charge >= 0.3 is 0 Å². The standard InChI is InChI=1S/C18H29N5S/c1-4-5-6-8-13(2)11-15-12-23(10-7-9-21-15)17(19)16-18(20)24-14(3)22-16/h4-6,8,13,15,19,21H,7,9-12,20H2,1-3H3/b5-4-,8-6-,19-17?. The lowest BCUT2D eigenvalue weighted by atomic mass is 10.0. The van der Waals surface area contributed by atoms with Gasteiger partial charge in [0.1, 0.15) is 16.5 Å². The average molecular weight is 348 g/mol. The second-order valence-electron chi connectivity index (χ2n) is 6.37. The molecule has 2 rings (SSSR count). The fourth-order valence-corrected chi connectivity index (χ4v) is 3.71. The van der Waals surface area contributed by atoms with Crippen molar-refractivity contribution in [3.63, 3.8) is 0 Å². The molecule has 4 N–H and O–H groups in total. The minimum absolute atomic E-state index is 0.374. The van der Waals surface area contributed by atoms with Crippen LogP contribution in [0.15, 0.2) is 24.3 Å². The Labute approximate surface area is 149 Å². The number of nitrogens with two attached hydrogens (primary N) is 1. The van der Waals surface area contributed by atoms with E-state index in [1.165, 1.54) is 11.3 Å². The lowest BCUT2D eigenvalue weighted by molar-refractivity contribution is 0.364. The van der Waals surface area contributed by atoms with Gasteiger partial charge in [0, 0.05) is 19.1 Å². The number of anilines is 1. The maximum atomic E-state index is 8.52. The Kier molecular flexibility index (Phi) is 6.99. The lowest BCUT2D eigenvalue weighted by Gasteiger charge is -2.27. The Morgan fingerprint density at radius 1 is 1.54 bits per heavy atom. The van der Waals surface area contributed by atoms with Crippen LogP contribution in [0.1, 0.15) is 37.4 Å². The molecule has 0 aromatic carbocycles. The summed E-state index contributed by atoms with van der Waals surface area (Å²) in [5.41, 5.74) is 6.67. The molecule has 2 heterocycles. The molecule has 1 aromatic rings. The van der Waals surface area contributed by atoms with Crippen LogP contribution in [0.3, 0.4) is 0 Å². The van der Waals surface area contributed by atoms with Crippen LogP contribution in [0.25, 0.3) is 0 Å². The molecule has 0 saturated carbocycles. The van der Waals surface area contributed by atoms with Gasteiger partial charge < -0.3 is 16.0 Å². The predicted molar refractivity (Wildman–Crippen MR) is 104 cm³/mol. The number of aryl methyl sites for hydroxylation is 1. The summed E-state index contributed by atoms with van der Waals surface area (Å²) >= 11 is 1.46. The summed E-state index contributed by atoms with van der Waals surface area (Å²) in [6.07, 6.45) is 10.5. The van der Waals surface area contributed by atoms with Crippen LogP contribution in [-0.2, 0) is 0 Å². The van der Waals surface area contributed by atoms with Crippen LogP contribution in [0.4, 0.5) is 5.00 Å². The molecule has 0 amide bonds. The van der Waals surface area contributed by atoms with Crippen LogP contribution in [0.5, 0.6) is 0 Å². The predicted octanol–water partition coefficient (Wildman–Crippen LogP) is 3.18. The molecule has 24 heavy (non-hydrogen) atoms. The van der Waals surface area contributed by atoms with Crippen molar-refractivity contribution in [2.24, 2.45) is 5.92 Å². The first-order valence-electron chi connectivity index (χ1n) is 8.61. The first kappa shape index (κ1) is 18.7. The zero-order chi connectivity index (χ0) is 17.5. The minimum atomic E-state index is 0.374. The average Bonchev–Trinajstić information content (AvgIpc) is 2.73. The third-order valence-corrected chi connectivity index (χ3v) is 4.98. The summed E-state index contributed by atoms with van der Waals surface area (Å²) in [4.78, 5) is 6.56. The highest BCUT2D eigenvalue weighted by Crippen LogP contribution is 2.22. The van der Waals surface area contributed by atoms with Crippen molar-refractivity contribution in [2.75, 3.05) is 25.4 Å². The van der Waals surface area contributed by atoms with Crippen LogP contribution < -0.4 is 11.1 Å². The van der Waals surface area contributed by atoms with E-state index >= 15 is 0 Å². The molecule has 2 atom stereocenters. The van der Waals surface area contributed by atoms with Gasteiger partial charge in [0.05, 0.1) is 5.01 Å². The number of hydrogen-bond acceptors (Lipinski definition) is 5. The number of amidine groups is 1. The van der Waals surface area contributed by atoms with Crippen molar-refractivity contribution in [1.82, 2.24) is 15.2 Å². The van der Waals surface area contributed by atoms with Crippen molar-refractivity contribution in [2.45, 2.75) is 39.7 Å². The van der Waals surface area contributed by atoms with Gasteiger partial charge in [0.15, 0.2) is 0 Å². The largest absolute Gasteiger partial charge is 0.389 e. The molecule has 6 heteroatoms. The smallest absolute Gasteiger partial charge is 0.150 e. The number of hydrogen-bond donors (Lipinski definition) is 3. The fourth-order valence-electron chi connectivity index (χ4n) is 3.01. The third kappa shape index (κ3) is 5.18. The molecule has 1 aliphatic rings. The zero-order valence-electron chi connectivity index (χ0n) is 14.9. The van der Waals surface area contributed by atoms with E-state index in [0.717, 1.165) is 37.5 Å². The van der Waals surface area contributed by atoms with Crippen LogP contribution in [0.2, 0.25) is 0 Å². The molecule has 0 aliphatic carbocycles. The number of nitrogen functional groups attached to an aromatic ring is 1. The molecule has 132 valence electrons. The highest BCUT2D eigenvalue weighted by Gasteiger charge is 2.24. The van der Waals surface area contributed by atoms with E-state index in [0.29, 0.717) is 28.5 Å². The molecule has 1 aromatic heterocycles. The Morgan fingerprint density at radius 3 is 3.00 bits per heavy atom. The topological polar surface area (TPSA) is 78.0 Å². The monoisotopic (exact) mass is 347 g/mol. The van der Waals surface area contributed by atoms with Gasteiger partial charge in [-0.1, -0.05) is 31.2 Å². The normalized spacial score (nSPS) is 20.6. The number of aromatic nitrogens is 1. The maximum Gasteiger partial charge on any atom is 0.150 e. The minimum Gasteiger partial charge on any atom is -0.389 e. The van der Waals surface area contributed by atoms with Crippen LogP contribution >= 0.6 is 11.3 Å². The molecule has 0 bridgehead atoms. The first-order valence-corrected chi connectivity index (χ1v) is 9.42. The third-order valence-electron chi connectivity index (χ3n) is 4.18. The first-order chi connectivity index (χ1) is 11.5. The highest BCUT2D eigenvalue weighted by atomic mass is 32.1. The number of nitrogens with zero attached hydrogens (tertiary/aromatic N) is 2. The summed E-state index contributed by atoms with van der Waals surface area (Å²) in [5.74, 6) is 0.960. The van der Waals surface area contributed by atoms with E-state index in [9.17, 15) is 0 Å². The SMILES string of the molecule is C/C=C\C=C/C(C)CC1CN(C(=N)c2nc(C)sc2N)CCCN1. The molecule has 1 saturated heterocycles. The van der Waals surface area contributed by atoms with Crippen LogP contribution in [-0.4, -0.2) is 41.4 Å². The summed E-state index contributed by atoms with van der Waals surface area (Å²) in [6.45, 7) is 8.90. The Morgan fingerprint density at radius 2 is 2.33 bits per heavy atom. The van der Waals surface area contributed by atoms with Gasteiger partial charge in [-0.3, -0.25) is 5.41 Å². The maximum absolute atomic E-state index is 8.52. The Bertz CT molecular complexity index is 605. The van der Waals surface area contributed by atoms with Gasteiger partial charge in [0.2, 0.25) is 0 Å². The second kappa shape index (κ2) is 8.99. The highest BCUT2D eigenvalue weighted by molar-refractivity contribution is 7.15.